The molecule has 0 unspecified atom stereocenters. The minimum absolute atomic E-state index is 0.0356. The number of carbonyl (C=O) groups excluding carboxylic acids is 2. The molecule has 0 aromatic heterocycles. The van der Waals surface area contributed by atoms with Gasteiger partial charge in [-0.2, -0.15) is 0 Å². The molecular weight excluding hydrogens is 536 g/mol. The summed E-state index contributed by atoms with van der Waals surface area (Å²) in [5, 5.41) is 0.583. The smallest absolute Gasteiger partial charge is 0.260 e. The van der Waals surface area contributed by atoms with Crippen LogP contribution in [0.1, 0.15) is 64.5 Å². The molecule has 2 heterocycles. The van der Waals surface area contributed by atoms with Crippen LogP contribution in [0.15, 0.2) is 42.5 Å². The summed E-state index contributed by atoms with van der Waals surface area (Å²) in [6, 6.07) is 14.1. The Hall–Kier alpha value is -2.61. The summed E-state index contributed by atoms with van der Waals surface area (Å²) in [6.07, 6.45) is 3.86. The molecule has 8 heteroatoms. The lowest BCUT2D eigenvalue weighted by molar-refractivity contribution is -0.134. The molecule has 1 saturated heterocycles. The van der Waals surface area contributed by atoms with Crippen molar-refractivity contribution in [1.29, 1.82) is 0 Å². The van der Waals surface area contributed by atoms with Gasteiger partial charge in [0.05, 0.1) is 5.69 Å². The molecule has 41 heavy (non-hydrogen) atoms. The van der Waals surface area contributed by atoms with Gasteiger partial charge in [0.1, 0.15) is 5.75 Å². The number of halogens is 1. The Morgan fingerprint density at radius 3 is 2.27 bits per heavy atom. The van der Waals surface area contributed by atoms with Crippen LogP contribution in [0.5, 0.6) is 5.75 Å². The molecule has 0 aliphatic carbocycles. The first-order valence-electron chi connectivity index (χ1n) is 15.2. The summed E-state index contributed by atoms with van der Waals surface area (Å²) < 4.78 is 5.98. The van der Waals surface area contributed by atoms with Crippen molar-refractivity contribution in [2.24, 2.45) is 5.92 Å². The second-order valence-corrected chi connectivity index (χ2v) is 12.6. The fourth-order valence-corrected chi connectivity index (χ4v) is 5.86. The number of carbonyl (C=O) groups is 2. The van der Waals surface area contributed by atoms with Crippen molar-refractivity contribution in [3.63, 3.8) is 0 Å². The molecule has 2 aromatic rings. The van der Waals surface area contributed by atoms with Crippen LogP contribution >= 0.6 is 11.6 Å². The summed E-state index contributed by atoms with van der Waals surface area (Å²) >= 11 is 6.44. The van der Waals surface area contributed by atoms with Crippen LogP contribution in [0.2, 0.25) is 5.02 Å². The van der Waals surface area contributed by atoms with Gasteiger partial charge in [0.15, 0.2) is 6.61 Å². The number of likely N-dealkylation sites (tertiary alicyclic amines) is 1. The van der Waals surface area contributed by atoms with Crippen molar-refractivity contribution >= 4 is 29.1 Å². The first-order valence-corrected chi connectivity index (χ1v) is 15.6. The molecule has 0 spiro atoms. The van der Waals surface area contributed by atoms with E-state index in [1.807, 2.05) is 40.1 Å². The van der Waals surface area contributed by atoms with Crippen LogP contribution in [0.4, 0.5) is 5.69 Å². The zero-order valence-corrected chi connectivity index (χ0v) is 26.0. The van der Waals surface area contributed by atoms with E-state index in [-0.39, 0.29) is 24.3 Å². The van der Waals surface area contributed by atoms with Gasteiger partial charge in [0.2, 0.25) is 5.91 Å². The Kier molecular flexibility index (Phi) is 11.5. The lowest BCUT2D eigenvalue weighted by atomic mass is 10.1. The van der Waals surface area contributed by atoms with Gasteiger partial charge in [0.25, 0.3) is 5.91 Å². The highest BCUT2D eigenvalue weighted by Crippen LogP contribution is 2.29. The number of rotatable bonds is 8. The number of hydrogen-bond donors (Lipinski definition) is 0. The van der Waals surface area contributed by atoms with Crippen LogP contribution in [0.25, 0.3) is 0 Å². The molecule has 0 radical (unpaired) electrons. The van der Waals surface area contributed by atoms with Crippen molar-refractivity contribution in [3.05, 3.63) is 58.6 Å². The van der Waals surface area contributed by atoms with Gasteiger partial charge in [-0.05, 0) is 87.5 Å². The maximum absolute atomic E-state index is 13.6. The van der Waals surface area contributed by atoms with Crippen LogP contribution in [0.3, 0.4) is 0 Å². The maximum Gasteiger partial charge on any atom is 0.260 e. The standard InChI is InChI=1S/C33H47ClN4O3/c1-25(2)20-32(39)38-17-7-16-36(26(3)4)18-19-37(23-28-10-11-29(34)21-31(28)38)33(40)24-41-30-12-8-27(9-13-30)22-35-14-5-6-15-35/h8-13,21,25-26H,5-7,14-20,22-24H2,1-4H3. The Bertz CT molecular complexity index is 1150. The van der Waals surface area contributed by atoms with Crippen LogP contribution in [-0.4, -0.2) is 78.4 Å². The number of hydrogen-bond acceptors (Lipinski definition) is 5. The van der Waals surface area contributed by atoms with E-state index in [0.717, 1.165) is 50.4 Å². The molecule has 0 bridgehead atoms. The SMILES string of the molecule is CC(C)CC(=O)N1CCCN(C(C)C)CCN(C(=O)COc2ccc(CN3CCCC3)cc2)Cc2ccc(Cl)cc21. The minimum atomic E-state index is -0.0740. The Balaban J connectivity index is 1.51. The largest absolute Gasteiger partial charge is 0.484 e. The van der Waals surface area contributed by atoms with Crippen LogP contribution in [-0.2, 0) is 22.7 Å². The fourth-order valence-electron chi connectivity index (χ4n) is 5.69. The Morgan fingerprint density at radius 2 is 1.59 bits per heavy atom. The van der Waals surface area contributed by atoms with E-state index >= 15 is 0 Å². The molecule has 224 valence electrons. The Labute approximate surface area is 251 Å². The highest BCUT2D eigenvalue weighted by Gasteiger charge is 2.25. The lowest BCUT2D eigenvalue weighted by Crippen LogP contribution is -2.42. The summed E-state index contributed by atoms with van der Waals surface area (Å²) in [4.78, 5) is 35.6. The fraction of sp³-hybridized carbons (Fsp3) is 0.576. The number of fused-ring (bicyclic) bond motifs is 1. The summed E-state index contributed by atoms with van der Waals surface area (Å²) in [5.41, 5.74) is 2.98. The summed E-state index contributed by atoms with van der Waals surface area (Å²) in [6.45, 7) is 14.9. The molecule has 0 atom stereocenters. The molecule has 2 amide bonds. The van der Waals surface area contributed by atoms with Crippen molar-refractivity contribution in [2.75, 3.05) is 50.8 Å². The lowest BCUT2D eigenvalue weighted by Gasteiger charge is -2.30. The van der Waals surface area contributed by atoms with E-state index in [0.29, 0.717) is 42.9 Å². The van der Waals surface area contributed by atoms with Gasteiger partial charge in [-0.25, -0.2) is 0 Å². The normalized spacial score (nSPS) is 17.5. The second-order valence-electron chi connectivity index (χ2n) is 12.1. The highest BCUT2D eigenvalue weighted by atomic mass is 35.5. The average Bonchev–Trinajstić information content (AvgIpc) is 3.43. The predicted molar refractivity (Wildman–Crippen MR) is 166 cm³/mol. The second kappa shape index (κ2) is 15.0. The van der Waals surface area contributed by atoms with Crippen molar-refractivity contribution in [3.8, 4) is 5.75 Å². The van der Waals surface area contributed by atoms with Gasteiger partial charge < -0.3 is 14.5 Å². The van der Waals surface area contributed by atoms with Crippen molar-refractivity contribution < 1.29 is 14.3 Å². The van der Waals surface area contributed by atoms with Gasteiger partial charge in [-0.3, -0.25) is 19.4 Å². The van der Waals surface area contributed by atoms with E-state index in [2.05, 4.69) is 49.6 Å². The molecule has 2 aromatic carbocycles. The molecule has 0 N–H and O–H groups in total. The quantitative estimate of drug-likeness (QED) is 0.392. The molecule has 2 aliphatic rings. The third-order valence-electron chi connectivity index (χ3n) is 8.04. The number of benzene rings is 2. The van der Waals surface area contributed by atoms with E-state index < -0.39 is 0 Å². The molecular formula is C33H47ClN4O3. The maximum atomic E-state index is 13.6. The third-order valence-corrected chi connectivity index (χ3v) is 8.28. The van der Waals surface area contributed by atoms with Crippen molar-refractivity contribution in [2.45, 2.75) is 72.5 Å². The number of nitrogens with zero attached hydrogens (tertiary/aromatic N) is 4. The van der Waals surface area contributed by atoms with Crippen LogP contribution < -0.4 is 9.64 Å². The number of ether oxygens (including phenoxy) is 1. The van der Waals surface area contributed by atoms with Gasteiger partial charge in [-0.1, -0.05) is 43.6 Å². The topological polar surface area (TPSA) is 56.3 Å². The zero-order chi connectivity index (χ0) is 29.4. The van der Waals surface area contributed by atoms with E-state index in [1.54, 1.807) is 0 Å². The van der Waals surface area contributed by atoms with Crippen molar-refractivity contribution in [1.82, 2.24) is 14.7 Å². The number of amides is 2. The van der Waals surface area contributed by atoms with Gasteiger partial charge in [-0.15, -0.1) is 0 Å². The first-order chi connectivity index (χ1) is 19.7. The van der Waals surface area contributed by atoms with Crippen LogP contribution in [0, 0.1) is 5.92 Å². The minimum Gasteiger partial charge on any atom is -0.484 e. The summed E-state index contributed by atoms with van der Waals surface area (Å²) in [5.74, 6) is 0.964. The molecule has 4 rings (SSSR count). The Morgan fingerprint density at radius 1 is 0.854 bits per heavy atom. The van der Waals surface area contributed by atoms with E-state index in [1.165, 1.54) is 18.4 Å². The monoisotopic (exact) mass is 582 g/mol. The molecule has 1 fully saturated rings. The number of anilines is 1. The summed E-state index contributed by atoms with van der Waals surface area (Å²) in [7, 11) is 0. The highest BCUT2D eigenvalue weighted by molar-refractivity contribution is 6.31. The van der Waals surface area contributed by atoms with Gasteiger partial charge in [0, 0.05) is 56.8 Å². The molecule has 2 aliphatic heterocycles. The first kappa shape index (κ1) is 31.3. The third kappa shape index (κ3) is 9.19. The van der Waals surface area contributed by atoms with E-state index in [9.17, 15) is 9.59 Å². The molecule has 7 nitrogen and oxygen atoms in total. The predicted octanol–water partition coefficient (Wildman–Crippen LogP) is 5.84. The van der Waals surface area contributed by atoms with E-state index in [4.69, 9.17) is 16.3 Å². The zero-order valence-electron chi connectivity index (χ0n) is 25.3. The molecule has 0 saturated carbocycles. The van der Waals surface area contributed by atoms with Gasteiger partial charge >= 0.3 is 0 Å². The average molecular weight is 583 g/mol.